The first-order valence-corrected chi connectivity index (χ1v) is 4.84. The van der Waals surface area contributed by atoms with Crippen molar-refractivity contribution in [2.75, 3.05) is 18.5 Å². The number of hydrogen-bond acceptors (Lipinski definition) is 2. The number of rotatable bonds is 2. The van der Waals surface area contributed by atoms with E-state index in [1.807, 2.05) is 6.07 Å². The zero-order chi connectivity index (χ0) is 9.26. The van der Waals surface area contributed by atoms with Crippen molar-refractivity contribution in [3.05, 3.63) is 28.5 Å². The van der Waals surface area contributed by atoms with Crippen LogP contribution < -0.4 is 5.32 Å². The predicted octanol–water partition coefficient (Wildman–Crippen LogP) is 2.40. The second-order valence-corrected chi connectivity index (χ2v) is 3.86. The third-order valence-electron chi connectivity index (χ3n) is 1.93. The molecular formula is C9H9BrFNO. The van der Waals surface area contributed by atoms with Crippen LogP contribution in [0.1, 0.15) is 0 Å². The molecular weight excluding hydrogens is 237 g/mol. The maximum absolute atomic E-state index is 13.0. The fraction of sp³-hybridized carbons (Fsp3) is 0.333. The molecule has 0 amide bonds. The Balaban J connectivity index is 2.07. The first-order valence-electron chi connectivity index (χ1n) is 4.05. The van der Waals surface area contributed by atoms with Gasteiger partial charge in [0.1, 0.15) is 5.82 Å². The van der Waals surface area contributed by atoms with Gasteiger partial charge in [-0.1, -0.05) is 0 Å². The van der Waals surface area contributed by atoms with Crippen LogP contribution >= 0.6 is 15.9 Å². The maximum Gasteiger partial charge on any atom is 0.139 e. The SMILES string of the molecule is Fc1cc(NC2COC2)ccc1Br. The molecule has 13 heavy (non-hydrogen) atoms. The second kappa shape index (κ2) is 3.64. The fourth-order valence-corrected chi connectivity index (χ4v) is 1.39. The van der Waals surface area contributed by atoms with Crippen molar-refractivity contribution >= 4 is 21.6 Å². The third-order valence-corrected chi connectivity index (χ3v) is 2.57. The van der Waals surface area contributed by atoms with Gasteiger partial charge in [-0.05, 0) is 34.1 Å². The Morgan fingerprint density at radius 2 is 2.23 bits per heavy atom. The van der Waals surface area contributed by atoms with Gasteiger partial charge in [-0.15, -0.1) is 0 Å². The van der Waals surface area contributed by atoms with E-state index in [4.69, 9.17) is 4.74 Å². The molecule has 0 radical (unpaired) electrons. The average Bonchev–Trinajstić information content (AvgIpc) is 2.04. The molecule has 1 saturated heterocycles. The van der Waals surface area contributed by atoms with Crippen LogP contribution in [0.25, 0.3) is 0 Å². The minimum Gasteiger partial charge on any atom is -0.378 e. The molecule has 0 spiro atoms. The monoisotopic (exact) mass is 245 g/mol. The predicted molar refractivity (Wildman–Crippen MR) is 52.3 cm³/mol. The van der Waals surface area contributed by atoms with E-state index in [9.17, 15) is 4.39 Å². The molecule has 1 N–H and O–H groups in total. The van der Waals surface area contributed by atoms with E-state index in [-0.39, 0.29) is 5.82 Å². The van der Waals surface area contributed by atoms with Gasteiger partial charge < -0.3 is 10.1 Å². The first-order chi connectivity index (χ1) is 6.25. The van der Waals surface area contributed by atoms with Crippen LogP contribution in [0, 0.1) is 5.82 Å². The summed E-state index contributed by atoms with van der Waals surface area (Å²) in [6.07, 6.45) is 0. The molecule has 1 aromatic rings. The summed E-state index contributed by atoms with van der Waals surface area (Å²) in [7, 11) is 0. The molecule has 70 valence electrons. The molecule has 1 heterocycles. The molecule has 4 heteroatoms. The normalized spacial score (nSPS) is 16.8. The van der Waals surface area contributed by atoms with Gasteiger partial charge in [-0.2, -0.15) is 0 Å². The Morgan fingerprint density at radius 1 is 1.46 bits per heavy atom. The molecule has 0 aliphatic carbocycles. The largest absolute Gasteiger partial charge is 0.378 e. The first kappa shape index (κ1) is 8.97. The van der Waals surface area contributed by atoms with E-state index < -0.39 is 0 Å². The number of benzene rings is 1. The Morgan fingerprint density at radius 3 is 2.77 bits per heavy atom. The zero-order valence-corrected chi connectivity index (χ0v) is 8.47. The van der Waals surface area contributed by atoms with Crippen molar-refractivity contribution in [2.45, 2.75) is 6.04 Å². The van der Waals surface area contributed by atoms with E-state index >= 15 is 0 Å². The lowest BCUT2D eigenvalue weighted by molar-refractivity contribution is 0.0211. The molecule has 1 fully saturated rings. The summed E-state index contributed by atoms with van der Waals surface area (Å²) >= 11 is 3.10. The van der Waals surface area contributed by atoms with Gasteiger partial charge >= 0.3 is 0 Å². The van der Waals surface area contributed by atoms with Crippen LogP contribution in [0.4, 0.5) is 10.1 Å². The van der Waals surface area contributed by atoms with Crippen molar-refractivity contribution < 1.29 is 9.13 Å². The van der Waals surface area contributed by atoms with Crippen molar-refractivity contribution in [3.8, 4) is 0 Å². The standard InChI is InChI=1S/C9H9BrFNO/c10-8-2-1-6(3-9(8)11)12-7-4-13-5-7/h1-3,7,12H,4-5H2. The van der Waals surface area contributed by atoms with E-state index in [0.29, 0.717) is 23.7 Å². The van der Waals surface area contributed by atoms with Gasteiger partial charge in [0.15, 0.2) is 0 Å². The lowest BCUT2D eigenvalue weighted by Crippen LogP contribution is -2.40. The Labute approximate surface area is 84.2 Å². The smallest absolute Gasteiger partial charge is 0.139 e. The molecule has 2 rings (SSSR count). The highest BCUT2D eigenvalue weighted by Gasteiger charge is 2.17. The Bertz CT molecular complexity index is 314. The van der Waals surface area contributed by atoms with Gasteiger partial charge in [-0.3, -0.25) is 0 Å². The number of ether oxygens (including phenoxy) is 1. The van der Waals surface area contributed by atoms with Gasteiger partial charge in [0, 0.05) is 5.69 Å². The minimum atomic E-state index is -0.245. The lowest BCUT2D eigenvalue weighted by atomic mass is 10.2. The molecule has 1 aliphatic heterocycles. The quantitative estimate of drug-likeness (QED) is 0.865. The summed E-state index contributed by atoms with van der Waals surface area (Å²) in [6, 6.07) is 5.34. The highest BCUT2D eigenvalue weighted by atomic mass is 79.9. The minimum absolute atomic E-state index is 0.245. The summed E-state index contributed by atoms with van der Waals surface area (Å²) in [5.41, 5.74) is 0.800. The maximum atomic E-state index is 13.0. The Hall–Kier alpha value is -0.610. The average molecular weight is 246 g/mol. The molecule has 2 nitrogen and oxygen atoms in total. The summed E-state index contributed by atoms with van der Waals surface area (Å²) in [5, 5.41) is 3.16. The van der Waals surface area contributed by atoms with Gasteiger partial charge in [0.25, 0.3) is 0 Å². The van der Waals surface area contributed by atoms with E-state index in [1.54, 1.807) is 6.07 Å². The number of nitrogens with one attached hydrogen (secondary N) is 1. The van der Waals surface area contributed by atoms with Crippen molar-refractivity contribution in [3.63, 3.8) is 0 Å². The molecule has 0 saturated carbocycles. The molecule has 1 aliphatic rings. The second-order valence-electron chi connectivity index (χ2n) is 3.01. The molecule has 0 bridgehead atoms. The van der Waals surface area contributed by atoms with Crippen LogP contribution in [0.5, 0.6) is 0 Å². The number of halogens is 2. The van der Waals surface area contributed by atoms with Crippen LogP contribution in [0.3, 0.4) is 0 Å². The summed E-state index contributed by atoms with van der Waals surface area (Å²) in [4.78, 5) is 0. The number of hydrogen-bond donors (Lipinski definition) is 1. The van der Waals surface area contributed by atoms with Crippen LogP contribution in [-0.2, 0) is 4.74 Å². The van der Waals surface area contributed by atoms with Gasteiger partial charge in [0.05, 0.1) is 23.7 Å². The summed E-state index contributed by atoms with van der Waals surface area (Å²) < 4.78 is 18.5. The molecule has 0 aromatic heterocycles. The Kier molecular flexibility index (Phi) is 2.51. The molecule has 0 unspecified atom stereocenters. The van der Waals surface area contributed by atoms with E-state index in [0.717, 1.165) is 5.69 Å². The highest BCUT2D eigenvalue weighted by Crippen LogP contribution is 2.20. The summed E-state index contributed by atoms with van der Waals surface area (Å²) in [6.45, 7) is 1.41. The van der Waals surface area contributed by atoms with Crippen molar-refractivity contribution in [1.29, 1.82) is 0 Å². The van der Waals surface area contributed by atoms with Gasteiger partial charge in [0.2, 0.25) is 0 Å². The van der Waals surface area contributed by atoms with E-state index in [1.165, 1.54) is 6.07 Å². The van der Waals surface area contributed by atoms with Crippen LogP contribution in [-0.4, -0.2) is 19.3 Å². The van der Waals surface area contributed by atoms with Gasteiger partial charge in [-0.25, -0.2) is 4.39 Å². The fourth-order valence-electron chi connectivity index (χ4n) is 1.14. The highest BCUT2D eigenvalue weighted by molar-refractivity contribution is 9.10. The van der Waals surface area contributed by atoms with Crippen LogP contribution in [0.2, 0.25) is 0 Å². The number of anilines is 1. The van der Waals surface area contributed by atoms with Crippen molar-refractivity contribution in [1.82, 2.24) is 0 Å². The summed E-state index contributed by atoms with van der Waals surface area (Å²) in [5.74, 6) is -0.245. The third kappa shape index (κ3) is 2.00. The van der Waals surface area contributed by atoms with Crippen LogP contribution in [0.15, 0.2) is 22.7 Å². The van der Waals surface area contributed by atoms with E-state index in [2.05, 4.69) is 21.2 Å². The molecule has 0 atom stereocenters. The molecule has 1 aromatic carbocycles. The zero-order valence-electron chi connectivity index (χ0n) is 6.89. The topological polar surface area (TPSA) is 21.3 Å². The van der Waals surface area contributed by atoms with Crippen molar-refractivity contribution in [2.24, 2.45) is 0 Å². The lowest BCUT2D eigenvalue weighted by Gasteiger charge is -2.27.